The Labute approximate surface area is 108 Å². The van der Waals surface area contributed by atoms with Crippen molar-refractivity contribution in [1.82, 2.24) is 19.1 Å². The van der Waals surface area contributed by atoms with Crippen LogP contribution in [0.15, 0.2) is 28.3 Å². The van der Waals surface area contributed by atoms with E-state index in [1.165, 1.54) is 4.57 Å². The molecule has 0 saturated carbocycles. The van der Waals surface area contributed by atoms with Crippen molar-refractivity contribution in [2.24, 2.45) is 0 Å². The van der Waals surface area contributed by atoms with Crippen molar-refractivity contribution in [3.05, 3.63) is 50.3 Å². The second-order valence-corrected chi connectivity index (χ2v) is 4.53. The molecule has 1 atom stereocenters. The molecule has 0 aromatic carbocycles. The summed E-state index contributed by atoms with van der Waals surface area (Å²) in [5.41, 5.74) is -0.520. The number of aromatic amines is 1. The lowest BCUT2D eigenvalue weighted by atomic mass is 10.3. The van der Waals surface area contributed by atoms with Crippen molar-refractivity contribution < 1.29 is 0 Å². The van der Waals surface area contributed by atoms with Gasteiger partial charge in [-0.2, -0.15) is 0 Å². The number of hydrogen-bond donors (Lipinski definition) is 1. The van der Waals surface area contributed by atoms with E-state index in [0.29, 0.717) is 12.1 Å². The lowest BCUT2D eigenvalue weighted by Gasteiger charge is -2.15. The summed E-state index contributed by atoms with van der Waals surface area (Å²) in [7, 11) is 0. The molecule has 0 fully saturated rings. The van der Waals surface area contributed by atoms with Gasteiger partial charge in [-0.1, -0.05) is 11.6 Å². The Kier molecular flexibility index (Phi) is 3.38. The predicted octanol–water partition coefficient (Wildman–Crippen LogP) is 0.956. The second-order valence-electron chi connectivity index (χ2n) is 4.15. The summed E-state index contributed by atoms with van der Waals surface area (Å²) >= 11 is 5.75. The van der Waals surface area contributed by atoms with Gasteiger partial charge in [-0.25, -0.2) is 9.78 Å². The largest absolute Gasteiger partial charge is 0.335 e. The summed E-state index contributed by atoms with van der Waals surface area (Å²) < 4.78 is 2.97. The molecule has 0 aliphatic rings. The zero-order valence-electron chi connectivity index (χ0n) is 10.1. The molecule has 6 nitrogen and oxygen atoms in total. The highest BCUT2D eigenvalue weighted by molar-refractivity contribution is 6.30. The van der Waals surface area contributed by atoms with Crippen LogP contribution in [-0.4, -0.2) is 19.1 Å². The number of nitrogens with zero attached hydrogens (tertiary/aromatic N) is 3. The van der Waals surface area contributed by atoms with E-state index >= 15 is 0 Å². The highest BCUT2D eigenvalue weighted by Crippen LogP contribution is 2.07. The summed E-state index contributed by atoms with van der Waals surface area (Å²) in [6, 6.07) is -0.286. The third-order valence-electron chi connectivity index (χ3n) is 2.78. The molecule has 7 heteroatoms. The van der Waals surface area contributed by atoms with Crippen LogP contribution in [0.2, 0.25) is 5.15 Å². The van der Waals surface area contributed by atoms with Gasteiger partial charge in [0.15, 0.2) is 0 Å². The van der Waals surface area contributed by atoms with Gasteiger partial charge in [-0.05, 0) is 13.8 Å². The molecule has 0 amide bonds. The molecule has 0 spiro atoms. The van der Waals surface area contributed by atoms with Crippen molar-refractivity contribution in [2.45, 2.75) is 26.4 Å². The molecule has 0 bridgehead atoms. The first-order valence-corrected chi connectivity index (χ1v) is 5.85. The normalized spacial score (nSPS) is 12.6. The summed E-state index contributed by atoms with van der Waals surface area (Å²) in [6.45, 7) is 3.87. The van der Waals surface area contributed by atoms with Crippen molar-refractivity contribution in [1.29, 1.82) is 0 Å². The first-order chi connectivity index (χ1) is 8.50. The van der Waals surface area contributed by atoms with Crippen LogP contribution >= 0.6 is 11.6 Å². The van der Waals surface area contributed by atoms with E-state index in [4.69, 9.17) is 11.6 Å². The summed E-state index contributed by atoms with van der Waals surface area (Å²) in [6.07, 6.45) is 5.06. The van der Waals surface area contributed by atoms with Crippen LogP contribution in [0.25, 0.3) is 0 Å². The molecule has 0 saturated heterocycles. The minimum atomic E-state index is -0.497. The van der Waals surface area contributed by atoms with Crippen LogP contribution in [-0.2, 0) is 6.54 Å². The van der Waals surface area contributed by atoms with Crippen LogP contribution in [0.3, 0.4) is 0 Å². The van der Waals surface area contributed by atoms with Gasteiger partial charge in [0.2, 0.25) is 0 Å². The molecule has 1 N–H and O–H groups in total. The lowest BCUT2D eigenvalue weighted by molar-refractivity contribution is 0.434. The second kappa shape index (κ2) is 4.81. The van der Waals surface area contributed by atoms with Gasteiger partial charge in [0.05, 0.1) is 12.4 Å². The minimum Gasteiger partial charge on any atom is -0.335 e. The predicted molar refractivity (Wildman–Crippen MR) is 68.0 cm³/mol. The van der Waals surface area contributed by atoms with E-state index in [9.17, 15) is 9.59 Å². The summed E-state index contributed by atoms with van der Waals surface area (Å²) in [4.78, 5) is 30.2. The fraction of sp³-hybridized carbons (Fsp3) is 0.364. The number of rotatable bonds is 3. The molecular weight excluding hydrogens is 256 g/mol. The first kappa shape index (κ1) is 12.6. The summed E-state index contributed by atoms with van der Waals surface area (Å²) in [5, 5.41) is 0.0936. The van der Waals surface area contributed by atoms with Crippen LogP contribution in [0.1, 0.15) is 18.5 Å². The number of hydrogen-bond acceptors (Lipinski definition) is 3. The third-order valence-corrected chi connectivity index (χ3v) is 3.16. The quantitative estimate of drug-likeness (QED) is 0.843. The van der Waals surface area contributed by atoms with Crippen molar-refractivity contribution in [3.8, 4) is 0 Å². The Morgan fingerprint density at radius 2 is 2.22 bits per heavy atom. The fourth-order valence-corrected chi connectivity index (χ4v) is 1.96. The monoisotopic (exact) mass is 268 g/mol. The first-order valence-electron chi connectivity index (χ1n) is 5.47. The van der Waals surface area contributed by atoms with Gasteiger partial charge in [-0.3, -0.25) is 14.3 Å². The van der Waals surface area contributed by atoms with Gasteiger partial charge in [0.25, 0.3) is 5.56 Å². The van der Waals surface area contributed by atoms with E-state index in [2.05, 4.69) is 9.97 Å². The average molecular weight is 269 g/mol. The van der Waals surface area contributed by atoms with Crippen molar-refractivity contribution in [2.75, 3.05) is 0 Å². The maximum atomic E-state index is 12.0. The molecule has 2 aromatic rings. The summed E-state index contributed by atoms with van der Waals surface area (Å²) in [5.74, 6) is 0. The Morgan fingerprint density at radius 1 is 1.50 bits per heavy atom. The lowest BCUT2D eigenvalue weighted by Crippen LogP contribution is -2.39. The standard InChI is InChI=1S/C11H13ClN4O2/c1-7(5-15-4-3-13-6-15)16-10(17)8(2)9(12)14-11(16)18/h3-4,6-7H,5H2,1-2H3,(H,14,18). The Hall–Kier alpha value is -1.82. The van der Waals surface area contributed by atoms with Gasteiger partial charge in [0.1, 0.15) is 5.15 Å². The van der Waals surface area contributed by atoms with Gasteiger partial charge < -0.3 is 4.57 Å². The van der Waals surface area contributed by atoms with Crippen LogP contribution in [0, 0.1) is 6.92 Å². The molecule has 18 heavy (non-hydrogen) atoms. The van der Waals surface area contributed by atoms with Crippen molar-refractivity contribution in [3.63, 3.8) is 0 Å². The number of nitrogens with one attached hydrogen (secondary N) is 1. The topological polar surface area (TPSA) is 72.7 Å². The number of imidazole rings is 1. The Balaban J connectivity index is 2.42. The van der Waals surface area contributed by atoms with E-state index in [-0.39, 0.29) is 16.8 Å². The van der Waals surface area contributed by atoms with Gasteiger partial charge in [-0.15, -0.1) is 0 Å². The van der Waals surface area contributed by atoms with Crippen LogP contribution < -0.4 is 11.2 Å². The minimum absolute atomic E-state index is 0.0936. The molecule has 2 rings (SSSR count). The molecule has 96 valence electrons. The molecule has 1 unspecified atom stereocenters. The molecule has 0 aliphatic heterocycles. The zero-order chi connectivity index (χ0) is 13.3. The molecule has 2 aromatic heterocycles. The maximum absolute atomic E-state index is 12.0. The molecule has 2 heterocycles. The SMILES string of the molecule is Cc1c(Cl)[nH]c(=O)n(C(C)Cn2ccnc2)c1=O. The van der Waals surface area contributed by atoms with Crippen LogP contribution in [0.4, 0.5) is 0 Å². The number of halogens is 1. The zero-order valence-corrected chi connectivity index (χ0v) is 10.8. The number of H-pyrrole nitrogens is 1. The van der Waals surface area contributed by atoms with E-state index < -0.39 is 5.69 Å². The Bertz CT molecular complexity index is 657. The highest BCUT2D eigenvalue weighted by atomic mass is 35.5. The van der Waals surface area contributed by atoms with Crippen LogP contribution in [0.5, 0.6) is 0 Å². The van der Waals surface area contributed by atoms with E-state index in [1.54, 1.807) is 37.1 Å². The van der Waals surface area contributed by atoms with E-state index in [0.717, 1.165) is 0 Å². The van der Waals surface area contributed by atoms with E-state index in [1.807, 2.05) is 0 Å². The highest BCUT2D eigenvalue weighted by Gasteiger charge is 2.14. The maximum Gasteiger partial charge on any atom is 0.329 e. The third kappa shape index (κ3) is 2.24. The van der Waals surface area contributed by atoms with Crippen molar-refractivity contribution >= 4 is 11.6 Å². The Morgan fingerprint density at radius 3 is 2.83 bits per heavy atom. The fourth-order valence-electron chi connectivity index (χ4n) is 1.80. The smallest absolute Gasteiger partial charge is 0.329 e. The number of aromatic nitrogens is 4. The molecule has 0 radical (unpaired) electrons. The molecular formula is C11H13ClN4O2. The van der Waals surface area contributed by atoms with Gasteiger partial charge in [0, 0.05) is 24.5 Å². The average Bonchev–Trinajstić information content (AvgIpc) is 2.78. The van der Waals surface area contributed by atoms with Gasteiger partial charge >= 0.3 is 5.69 Å². The molecule has 0 aliphatic carbocycles.